The predicted octanol–water partition coefficient (Wildman–Crippen LogP) is 3.71. The molecule has 0 bridgehead atoms. The lowest BCUT2D eigenvalue weighted by Gasteiger charge is -2.23. The van der Waals surface area contributed by atoms with Crippen molar-refractivity contribution in [3.8, 4) is 17.2 Å². The molecule has 0 radical (unpaired) electrons. The number of aromatic nitrogens is 1. The smallest absolute Gasteiger partial charge is 0.322 e. The van der Waals surface area contributed by atoms with Crippen LogP contribution in [0.15, 0.2) is 47.3 Å². The molecule has 1 aromatic heterocycles. The van der Waals surface area contributed by atoms with Crippen LogP contribution in [0, 0.1) is 0 Å². The molecule has 8 nitrogen and oxygen atoms in total. The fourth-order valence-corrected chi connectivity index (χ4v) is 3.53. The molecule has 156 valence electrons. The number of amides is 2. The first-order valence-electron chi connectivity index (χ1n) is 9.73. The van der Waals surface area contributed by atoms with Crippen LogP contribution in [0.2, 0.25) is 0 Å². The quantitative estimate of drug-likeness (QED) is 0.647. The van der Waals surface area contributed by atoms with Gasteiger partial charge in [0.05, 0.1) is 12.6 Å². The Bertz CT molecular complexity index is 1140. The van der Waals surface area contributed by atoms with Gasteiger partial charge >= 0.3 is 6.03 Å². The van der Waals surface area contributed by atoms with Crippen molar-refractivity contribution in [3.63, 3.8) is 0 Å². The summed E-state index contributed by atoms with van der Waals surface area (Å²) in [5.74, 6) is 1.84. The van der Waals surface area contributed by atoms with Crippen molar-refractivity contribution in [1.82, 2.24) is 9.88 Å². The molecule has 2 N–H and O–H groups in total. The standard InChI is InChI=1S/C22H23N3O5/c1-3-9-25(22(27)23-15-7-8-17-19(11-15)30-13-29-17)12-14-10-20(26)24-21-16(14)5-4-6-18(21)28-2/h4-8,10-11H,3,9,12-13H2,1-2H3,(H,23,27)(H,24,26). The van der Waals surface area contributed by atoms with Crippen LogP contribution < -0.4 is 25.1 Å². The number of nitrogens with one attached hydrogen (secondary N) is 2. The average molecular weight is 409 g/mol. The van der Waals surface area contributed by atoms with Crippen LogP contribution in [0.4, 0.5) is 10.5 Å². The zero-order chi connectivity index (χ0) is 21.1. The van der Waals surface area contributed by atoms with Gasteiger partial charge in [-0.05, 0) is 30.2 Å². The van der Waals surface area contributed by atoms with Gasteiger partial charge in [-0.15, -0.1) is 0 Å². The van der Waals surface area contributed by atoms with Crippen molar-refractivity contribution in [3.05, 3.63) is 58.4 Å². The van der Waals surface area contributed by atoms with Gasteiger partial charge in [0, 0.05) is 36.3 Å². The van der Waals surface area contributed by atoms with Crippen LogP contribution in [0.1, 0.15) is 18.9 Å². The number of hydrogen-bond acceptors (Lipinski definition) is 5. The number of aromatic amines is 1. The van der Waals surface area contributed by atoms with E-state index in [0.717, 1.165) is 17.4 Å². The number of rotatable bonds is 6. The Hall–Kier alpha value is -3.68. The fraction of sp³-hybridized carbons (Fsp3) is 0.273. The van der Waals surface area contributed by atoms with Gasteiger partial charge in [0.2, 0.25) is 12.4 Å². The summed E-state index contributed by atoms with van der Waals surface area (Å²) in [7, 11) is 1.56. The predicted molar refractivity (Wildman–Crippen MR) is 113 cm³/mol. The van der Waals surface area contributed by atoms with E-state index in [9.17, 15) is 9.59 Å². The Balaban J connectivity index is 1.61. The van der Waals surface area contributed by atoms with Gasteiger partial charge < -0.3 is 29.4 Å². The fourth-order valence-electron chi connectivity index (χ4n) is 3.53. The summed E-state index contributed by atoms with van der Waals surface area (Å²) < 4.78 is 16.0. The number of H-pyrrole nitrogens is 1. The number of methoxy groups -OCH3 is 1. The maximum absolute atomic E-state index is 13.0. The molecule has 2 amide bonds. The highest BCUT2D eigenvalue weighted by molar-refractivity contribution is 5.91. The first-order valence-corrected chi connectivity index (χ1v) is 9.73. The highest BCUT2D eigenvalue weighted by atomic mass is 16.7. The van der Waals surface area contributed by atoms with Crippen molar-refractivity contribution in [2.75, 3.05) is 25.8 Å². The Morgan fingerprint density at radius 2 is 2.03 bits per heavy atom. The average Bonchev–Trinajstić information content (AvgIpc) is 3.20. The van der Waals surface area contributed by atoms with Crippen LogP contribution in [0.3, 0.4) is 0 Å². The van der Waals surface area contributed by atoms with E-state index in [2.05, 4.69) is 10.3 Å². The van der Waals surface area contributed by atoms with Crippen LogP contribution in [-0.2, 0) is 6.54 Å². The maximum Gasteiger partial charge on any atom is 0.322 e. The summed E-state index contributed by atoms with van der Waals surface area (Å²) in [6, 6.07) is 12.1. The molecule has 0 saturated carbocycles. The first kappa shape index (κ1) is 19.6. The minimum Gasteiger partial charge on any atom is -0.495 e. The SMILES string of the molecule is CCCN(Cc1cc(=O)[nH]c2c(OC)cccc12)C(=O)Nc1ccc2c(c1)OCO2. The summed E-state index contributed by atoms with van der Waals surface area (Å²) in [6.45, 7) is 3.00. The number of urea groups is 1. The van der Waals surface area contributed by atoms with Crippen LogP contribution in [-0.4, -0.2) is 36.4 Å². The molecule has 0 atom stereocenters. The normalized spacial score (nSPS) is 12.1. The zero-order valence-corrected chi connectivity index (χ0v) is 16.9. The Morgan fingerprint density at radius 1 is 1.20 bits per heavy atom. The molecule has 2 aromatic carbocycles. The van der Waals surface area contributed by atoms with Crippen LogP contribution in [0.5, 0.6) is 17.2 Å². The second-order valence-corrected chi connectivity index (χ2v) is 6.96. The molecule has 30 heavy (non-hydrogen) atoms. The monoisotopic (exact) mass is 409 g/mol. The Kier molecular flexibility index (Phi) is 5.47. The third kappa shape index (κ3) is 3.89. The summed E-state index contributed by atoms with van der Waals surface area (Å²) in [4.78, 5) is 29.7. The van der Waals surface area contributed by atoms with Gasteiger partial charge in [0.25, 0.3) is 0 Å². The Labute approximate surface area is 173 Å². The number of ether oxygens (including phenoxy) is 3. The van der Waals surface area contributed by atoms with E-state index in [1.807, 2.05) is 19.1 Å². The third-order valence-electron chi connectivity index (χ3n) is 4.91. The molecule has 2 heterocycles. The molecular weight excluding hydrogens is 386 g/mol. The highest BCUT2D eigenvalue weighted by Gasteiger charge is 2.18. The van der Waals surface area contributed by atoms with E-state index in [1.165, 1.54) is 6.07 Å². The van der Waals surface area contributed by atoms with E-state index in [1.54, 1.807) is 36.3 Å². The number of pyridine rings is 1. The van der Waals surface area contributed by atoms with Gasteiger partial charge in [-0.2, -0.15) is 0 Å². The molecule has 4 rings (SSSR count). The number of nitrogens with zero attached hydrogens (tertiary/aromatic N) is 1. The van der Waals surface area contributed by atoms with Crippen molar-refractivity contribution in [2.45, 2.75) is 19.9 Å². The lowest BCUT2D eigenvalue weighted by molar-refractivity contribution is 0.174. The van der Waals surface area contributed by atoms with Crippen LogP contribution in [0.25, 0.3) is 10.9 Å². The molecule has 8 heteroatoms. The summed E-state index contributed by atoms with van der Waals surface area (Å²) in [6.07, 6.45) is 0.777. The number of para-hydroxylation sites is 1. The van der Waals surface area contributed by atoms with E-state index in [4.69, 9.17) is 14.2 Å². The van der Waals surface area contributed by atoms with Gasteiger partial charge in [0.1, 0.15) is 5.75 Å². The molecule has 1 aliphatic rings. The molecule has 0 fully saturated rings. The molecule has 0 unspecified atom stereocenters. The summed E-state index contributed by atoms with van der Waals surface area (Å²) >= 11 is 0. The Morgan fingerprint density at radius 3 is 2.83 bits per heavy atom. The molecule has 0 saturated heterocycles. The highest BCUT2D eigenvalue weighted by Crippen LogP contribution is 2.34. The van der Waals surface area contributed by atoms with E-state index >= 15 is 0 Å². The molecule has 1 aliphatic heterocycles. The second kappa shape index (κ2) is 8.36. The largest absolute Gasteiger partial charge is 0.495 e. The third-order valence-corrected chi connectivity index (χ3v) is 4.91. The molecule has 3 aromatic rings. The van der Waals surface area contributed by atoms with Gasteiger partial charge in [-0.3, -0.25) is 4.79 Å². The number of carbonyl (C=O) groups excluding carboxylic acids is 1. The van der Waals surface area contributed by atoms with E-state index in [0.29, 0.717) is 35.0 Å². The topological polar surface area (TPSA) is 92.9 Å². The van der Waals surface area contributed by atoms with Gasteiger partial charge in [-0.1, -0.05) is 19.1 Å². The second-order valence-electron chi connectivity index (χ2n) is 6.96. The number of fused-ring (bicyclic) bond motifs is 2. The zero-order valence-electron chi connectivity index (χ0n) is 16.9. The lowest BCUT2D eigenvalue weighted by Crippen LogP contribution is -2.35. The van der Waals surface area contributed by atoms with Crippen LogP contribution >= 0.6 is 0 Å². The lowest BCUT2D eigenvalue weighted by atomic mass is 10.1. The molecular formula is C22H23N3O5. The maximum atomic E-state index is 13.0. The number of hydrogen-bond donors (Lipinski definition) is 2. The van der Waals surface area contributed by atoms with Gasteiger partial charge in [-0.25, -0.2) is 4.79 Å². The number of carbonyl (C=O) groups is 1. The van der Waals surface area contributed by atoms with Gasteiger partial charge in [0.15, 0.2) is 11.5 Å². The molecule has 0 spiro atoms. The van der Waals surface area contributed by atoms with E-state index in [-0.39, 0.29) is 24.9 Å². The minimum absolute atomic E-state index is 0.174. The number of anilines is 1. The summed E-state index contributed by atoms with van der Waals surface area (Å²) in [5.41, 5.74) is 1.74. The van der Waals surface area contributed by atoms with E-state index < -0.39 is 0 Å². The number of benzene rings is 2. The molecule has 0 aliphatic carbocycles. The summed E-state index contributed by atoms with van der Waals surface area (Å²) in [5, 5.41) is 3.74. The van der Waals surface area contributed by atoms with Crippen molar-refractivity contribution in [1.29, 1.82) is 0 Å². The van der Waals surface area contributed by atoms with Crippen molar-refractivity contribution >= 4 is 22.6 Å². The first-order chi connectivity index (χ1) is 14.6. The van der Waals surface area contributed by atoms with Crippen molar-refractivity contribution in [2.24, 2.45) is 0 Å². The minimum atomic E-state index is -0.257. The van der Waals surface area contributed by atoms with Crippen molar-refractivity contribution < 1.29 is 19.0 Å².